The maximum Gasteiger partial charge on any atom is 0.416 e. The Labute approximate surface area is 216 Å². The second-order valence-electron chi connectivity index (χ2n) is 8.82. The van der Waals surface area contributed by atoms with E-state index >= 15 is 0 Å². The molecule has 0 radical (unpaired) electrons. The van der Waals surface area contributed by atoms with Gasteiger partial charge >= 0.3 is 6.18 Å². The lowest BCUT2D eigenvalue weighted by Crippen LogP contribution is -2.54. The maximum atomic E-state index is 13.2. The van der Waals surface area contributed by atoms with Gasteiger partial charge in [-0.2, -0.15) is 13.2 Å². The number of nitrogens with one attached hydrogen (secondary N) is 2. The molecule has 2 aromatic carbocycles. The van der Waals surface area contributed by atoms with Crippen LogP contribution in [-0.4, -0.2) is 55.5 Å². The molecule has 0 aliphatic carbocycles. The summed E-state index contributed by atoms with van der Waals surface area (Å²) in [6.45, 7) is -0.436. The normalized spacial score (nSPS) is 17.3. The second kappa shape index (κ2) is 9.34. The number of rotatable bonds is 5. The molecule has 1 saturated heterocycles. The summed E-state index contributed by atoms with van der Waals surface area (Å²) in [6.07, 6.45) is -3.43. The van der Waals surface area contributed by atoms with Gasteiger partial charge in [0, 0.05) is 17.7 Å². The molecule has 1 unspecified atom stereocenters. The molecule has 0 bridgehead atoms. The Morgan fingerprint density at radius 3 is 2.59 bits per heavy atom. The largest absolute Gasteiger partial charge is 0.416 e. The van der Waals surface area contributed by atoms with Crippen LogP contribution in [-0.2, 0) is 27.1 Å². The number of imide groups is 2. The fourth-order valence-electron chi connectivity index (χ4n) is 4.41. The zero-order valence-electron chi connectivity index (χ0n) is 19.8. The van der Waals surface area contributed by atoms with Crippen LogP contribution in [0.25, 0.3) is 11.3 Å². The molecule has 2 aliphatic heterocycles. The van der Waals surface area contributed by atoms with Gasteiger partial charge in [-0.15, -0.1) is 5.10 Å². The molecule has 5 amide bonds. The van der Waals surface area contributed by atoms with E-state index < -0.39 is 53.9 Å². The summed E-state index contributed by atoms with van der Waals surface area (Å²) in [7, 11) is 0. The third-order valence-electron chi connectivity index (χ3n) is 6.24. The minimum absolute atomic E-state index is 0.00709. The summed E-state index contributed by atoms with van der Waals surface area (Å²) in [6, 6.07) is 5.80. The number of benzene rings is 2. The van der Waals surface area contributed by atoms with Crippen molar-refractivity contribution in [1.29, 1.82) is 0 Å². The quantitative estimate of drug-likeness (QED) is 0.323. The number of nitrogen functional groups attached to an aromatic ring is 1. The lowest BCUT2D eigenvalue weighted by Gasteiger charge is -2.27. The summed E-state index contributed by atoms with van der Waals surface area (Å²) in [4.78, 5) is 63.3. The Balaban J connectivity index is 1.33. The SMILES string of the molecule is Nc1ccc(C(F)(F)F)cc1-c1cn(CC(=O)Nc2cccc3c2C(=O)N(C2CCC(=O)NC2=O)C3=O)nn1. The van der Waals surface area contributed by atoms with Crippen LogP contribution in [0.1, 0.15) is 39.1 Å². The van der Waals surface area contributed by atoms with Gasteiger partial charge in [-0.3, -0.25) is 34.2 Å². The topological polar surface area (TPSA) is 169 Å². The number of amides is 5. The minimum atomic E-state index is -4.60. The Morgan fingerprint density at radius 2 is 1.87 bits per heavy atom. The van der Waals surface area contributed by atoms with Crippen LogP contribution in [0.3, 0.4) is 0 Å². The zero-order valence-corrected chi connectivity index (χ0v) is 19.8. The van der Waals surface area contributed by atoms with Crippen molar-refractivity contribution in [2.24, 2.45) is 0 Å². The molecule has 15 heteroatoms. The van der Waals surface area contributed by atoms with Crippen molar-refractivity contribution in [2.75, 3.05) is 11.1 Å². The van der Waals surface area contributed by atoms with Gasteiger partial charge in [-0.1, -0.05) is 11.3 Å². The van der Waals surface area contributed by atoms with Gasteiger partial charge in [0.15, 0.2) is 0 Å². The molecule has 5 rings (SSSR count). The van der Waals surface area contributed by atoms with Gasteiger partial charge in [0.25, 0.3) is 11.8 Å². The van der Waals surface area contributed by atoms with E-state index in [4.69, 9.17) is 5.73 Å². The van der Waals surface area contributed by atoms with Crippen molar-refractivity contribution in [1.82, 2.24) is 25.2 Å². The number of hydrogen-bond acceptors (Lipinski definition) is 8. The van der Waals surface area contributed by atoms with Crippen LogP contribution in [0.5, 0.6) is 0 Å². The highest BCUT2D eigenvalue weighted by atomic mass is 19.4. The van der Waals surface area contributed by atoms with Crippen molar-refractivity contribution in [3.63, 3.8) is 0 Å². The lowest BCUT2D eigenvalue weighted by molar-refractivity contribution is -0.138. The van der Waals surface area contributed by atoms with Gasteiger partial charge in [-0.25, -0.2) is 4.68 Å². The molecule has 1 aromatic heterocycles. The number of fused-ring (bicyclic) bond motifs is 1. The Kier molecular flexibility index (Phi) is 6.12. The molecule has 2 aliphatic rings. The van der Waals surface area contributed by atoms with Crippen LogP contribution >= 0.6 is 0 Å². The minimum Gasteiger partial charge on any atom is -0.398 e. The van der Waals surface area contributed by atoms with Crippen LogP contribution in [0.15, 0.2) is 42.6 Å². The number of carbonyl (C=O) groups is 5. The van der Waals surface area contributed by atoms with E-state index in [0.717, 1.165) is 27.8 Å². The first kappa shape index (κ1) is 25.6. The lowest BCUT2D eigenvalue weighted by atomic mass is 10.0. The monoisotopic (exact) mass is 541 g/mol. The Morgan fingerprint density at radius 1 is 1.10 bits per heavy atom. The van der Waals surface area contributed by atoms with E-state index in [2.05, 4.69) is 20.9 Å². The predicted molar refractivity (Wildman–Crippen MR) is 127 cm³/mol. The van der Waals surface area contributed by atoms with Gasteiger partial charge in [0.05, 0.1) is 28.6 Å². The number of alkyl halides is 3. The number of halogens is 3. The fourth-order valence-corrected chi connectivity index (χ4v) is 4.41. The molecule has 1 atom stereocenters. The zero-order chi connectivity index (χ0) is 28.1. The Bertz CT molecular complexity index is 1570. The highest BCUT2D eigenvalue weighted by Crippen LogP contribution is 2.35. The molecular weight excluding hydrogens is 523 g/mol. The standard InChI is InChI=1S/C24H18F3N7O5/c25-24(26,27)11-4-5-14(28)13(8-11)16-9-33(32-31-16)10-19(36)29-15-3-1-2-12-20(15)23(39)34(22(12)38)17-6-7-18(35)30-21(17)37/h1-5,8-9,17H,6-7,10,28H2,(H,29,36)(H,30,35,37). The van der Waals surface area contributed by atoms with Crippen molar-refractivity contribution >= 4 is 40.9 Å². The number of nitrogens with zero attached hydrogens (tertiary/aromatic N) is 4. The molecular formula is C24H18F3N7O5. The third kappa shape index (κ3) is 4.69. The molecule has 3 heterocycles. The highest BCUT2D eigenvalue weighted by molar-refractivity contribution is 6.26. The molecule has 1 fully saturated rings. The molecule has 3 aromatic rings. The first-order chi connectivity index (χ1) is 18.4. The van der Waals surface area contributed by atoms with E-state index in [0.29, 0.717) is 0 Å². The molecule has 0 saturated carbocycles. The van der Waals surface area contributed by atoms with Crippen LogP contribution in [0.2, 0.25) is 0 Å². The van der Waals surface area contributed by atoms with Gasteiger partial charge in [-0.05, 0) is 36.8 Å². The smallest absolute Gasteiger partial charge is 0.398 e. The Hall–Kier alpha value is -5.08. The maximum absolute atomic E-state index is 13.2. The number of piperidine rings is 1. The summed E-state index contributed by atoms with van der Waals surface area (Å²) < 4.78 is 40.3. The van der Waals surface area contributed by atoms with E-state index in [1.807, 2.05) is 0 Å². The number of carbonyl (C=O) groups excluding carboxylic acids is 5. The molecule has 39 heavy (non-hydrogen) atoms. The molecule has 200 valence electrons. The van der Waals surface area contributed by atoms with E-state index in [9.17, 15) is 37.1 Å². The van der Waals surface area contributed by atoms with Crippen LogP contribution < -0.4 is 16.4 Å². The van der Waals surface area contributed by atoms with Crippen molar-refractivity contribution in [3.05, 3.63) is 59.3 Å². The predicted octanol–water partition coefficient (Wildman–Crippen LogP) is 1.59. The van der Waals surface area contributed by atoms with E-state index in [1.54, 1.807) is 0 Å². The number of hydrogen-bond donors (Lipinski definition) is 3. The summed E-state index contributed by atoms with van der Waals surface area (Å²) in [5.41, 5.74) is 4.77. The van der Waals surface area contributed by atoms with E-state index in [-0.39, 0.29) is 46.6 Å². The average molecular weight is 541 g/mol. The molecule has 12 nitrogen and oxygen atoms in total. The first-order valence-corrected chi connectivity index (χ1v) is 11.5. The number of anilines is 2. The first-order valence-electron chi connectivity index (χ1n) is 11.5. The van der Waals surface area contributed by atoms with Crippen molar-refractivity contribution in [2.45, 2.75) is 31.6 Å². The summed E-state index contributed by atoms with van der Waals surface area (Å²) >= 11 is 0. The van der Waals surface area contributed by atoms with Crippen molar-refractivity contribution < 1.29 is 37.1 Å². The van der Waals surface area contributed by atoms with Crippen molar-refractivity contribution in [3.8, 4) is 11.3 Å². The number of nitrogens with two attached hydrogens (primary N) is 1. The van der Waals surface area contributed by atoms with E-state index in [1.165, 1.54) is 24.4 Å². The van der Waals surface area contributed by atoms with Crippen LogP contribution in [0.4, 0.5) is 24.5 Å². The summed E-state index contributed by atoms with van der Waals surface area (Å²) in [5.74, 6) is -3.50. The fraction of sp³-hybridized carbons (Fsp3) is 0.208. The molecule has 0 spiro atoms. The molecule has 4 N–H and O–H groups in total. The number of aromatic nitrogens is 3. The van der Waals surface area contributed by atoms with Gasteiger partial charge < -0.3 is 11.1 Å². The third-order valence-corrected chi connectivity index (χ3v) is 6.24. The average Bonchev–Trinajstić information content (AvgIpc) is 3.42. The summed E-state index contributed by atoms with van der Waals surface area (Å²) in [5, 5.41) is 12.2. The van der Waals surface area contributed by atoms with Crippen LogP contribution in [0, 0.1) is 0 Å². The second-order valence-corrected chi connectivity index (χ2v) is 8.82. The van der Waals surface area contributed by atoms with Gasteiger partial charge in [0.1, 0.15) is 18.3 Å². The highest BCUT2D eigenvalue weighted by Gasteiger charge is 2.45. The van der Waals surface area contributed by atoms with Gasteiger partial charge in [0.2, 0.25) is 17.7 Å².